The van der Waals surface area contributed by atoms with Gasteiger partial charge in [0.25, 0.3) is 0 Å². The summed E-state index contributed by atoms with van der Waals surface area (Å²) >= 11 is 0. The van der Waals surface area contributed by atoms with E-state index in [4.69, 9.17) is 5.73 Å². The second kappa shape index (κ2) is 6.75. The van der Waals surface area contributed by atoms with Gasteiger partial charge in [0.15, 0.2) is 0 Å². The third-order valence-corrected chi connectivity index (χ3v) is 12.8. The molecule has 0 aromatic carbocycles. The maximum Gasteiger partial charge on any atom is 0.0487 e. The number of fused-ring (bicyclic) bond motifs is 6. The highest BCUT2D eigenvalue weighted by atomic mass is 16.3. The van der Waals surface area contributed by atoms with Gasteiger partial charge in [0.05, 0.1) is 0 Å². The van der Waals surface area contributed by atoms with Crippen LogP contribution >= 0.6 is 0 Å². The van der Waals surface area contributed by atoms with E-state index in [-0.39, 0.29) is 16.2 Å². The summed E-state index contributed by atoms with van der Waals surface area (Å²) in [5.41, 5.74) is 11.6. The molecule has 3 saturated carbocycles. The zero-order valence-electron chi connectivity index (χ0n) is 22.0. The van der Waals surface area contributed by atoms with Crippen LogP contribution in [0.25, 0.3) is 0 Å². The lowest BCUT2D eigenvalue weighted by Gasteiger charge is -2.69. The molecule has 6 unspecified atom stereocenters. The molecule has 0 aromatic heterocycles. The van der Waals surface area contributed by atoms with E-state index >= 15 is 0 Å². The van der Waals surface area contributed by atoms with Gasteiger partial charge in [-0.1, -0.05) is 66.2 Å². The van der Waals surface area contributed by atoms with E-state index in [2.05, 4.69) is 60.6 Å². The lowest BCUT2D eigenvalue weighted by Crippen LogP contribution is -2.64. The molecule has 180 valence electrons. The van der Waals surface area contributed by atoms with Gasteiger partial charge in [0, 0.05) is 12.6 Å². The summed E-state index contributed by atoms with van der Waals surface area (Å²) in [5.74, 6) is 1.34. The Balaban J connectivity index is 1.64. The van der Waals surface area contributed by atoms with Crippen LogP contribution in [-0.4, -0.2) is 17.8 Å². The highest BCUT2D eigenvalue weighted by Crippen LogP contribution is 2.74. The molecule has 0 aromatic rings. The molecule has 2 nitrogen and oxygen atoms in total. The van der Waals surface area contributed by atoms with Gasteiger partial charge in [0.2, 0.25) is 0 Å². The Morgan fingerprint density at radius 1 is 0.906 bits per heavy atom. The summed E-state index contributed by atoms with van der Waals surface area (Å²) in [7, 11) is 0. The molecule has 0 aliphatic heterocycles. The van der Waals surface area contributed by atoms with Gasteiger partial charge >= 0.3 is 0 Å². The quantitative estimate of drug-likeness (QED) is 0.461. The first-order valence-corrected chi connectivity index (χ1v) is 13.5. The van der Waals surface area contributed by atoms with Crippen LogP contribution in [0.3, 0.4) is 0 Å². The molecule has 0 amide bonds. The molecule has 0 spiro atoms. The van der Waals surface area contributed by atoms with Crippen molar-refractivity contribution in [3.05, 3.63) is 23.3 Å². The summed E-state index contributed by atoms with van der Waals surface area (Å²) < 4.78 is 0. The van der Waals surface area contributed by atoms with Crippen molar-refractivity contribution in [2.75, 3.05) is 6.61 Å². The van der Waals surface area contributed by atoms with Gasteiger partial charge in [-0.05, 0) is 108 Å². The number of aliphatic hydroxyl groups excluding tert-OH is 1. The topological polar surface area (TPSA) is 46.2 Å². The number of allylic oxidation sites excluding steroid dienone is 4. The van der Waals surface area contributed by atoms with E-state index in [0.717, 1.165) is 19.3 Å². The van der Waals surface area contributed by atoms with Crippen molar-refractivity contribution in [3.63, 3.8) is 0 Å². The molecule has 5 aliphatic carbocycles. The fraction of sp³-hybridized carbons (Fsp3) is 0.867. The van der Waals surface area contributed by atoms with E-state index in [1.807, 2.05) is 0 Å². The summed E-state index contributed by atoms with van der Waals surface area (Å²) in [6.07, 6.45) is 16.4. The smallest absolute Gasteiger partial charge is 0.0487 e. The van der Waals surface area contributed by atoms with Crippen LogP contribution in [0.2, 0.25) is 0 Å². The van der Waals surface area contributed by atoms with Gasteiger partial charge in [-0.3, -0.25) is 0 Å². The number of rotatable bonds is 1. The van der Waals surface area contributed by atoms with Crippen molar-refractivity contribution >= 4 is 0 Å². The third kappa shape index (κ3) is 2.72. The molecule has 5 rings (SSSR count). The minimum atomic E-state index is 0.0544. The summed E-state index contributed by atoms with van der Waals surface area (Å²) in [6.45, 7) is 18.0. The van der Waals surface area contributed by atoms with Crippen molar-refractivity contribution in [1.29, 1.82) is 0 Å². The summed E-state index contributed by atoms with van der Waals surface area (Å²) in [5, 5.41) is 10.2. The van der Waals surface area contributed by atoms with Crippen molar-refractivity contribution in [2.45, 2.75) is 112 Å². The molecule has 3 N–H and O–H groups in total. The Morgan fingerprint density at radius 3 is 2.28 bits per heavy atom. The van der Waals surface area contributed by atoms with Crippen LogP contribution in [0.15, 0.2) is 23.3 Å². The molecular formula is C30H49NO. The van der Waals surface area contributed by atoms with Gasteiger partial charge in [-0.2, -0.15) is 0 Å². The molecule has 3 fully saturated rings. The zero-order valence-corrected chi connectivity index (χ0v) is 22.0. The van der Waals surface area contributed by atoms with Crippen molar-refractivity contribution < 1.29 is 5.11 Å². The molecular weight excluding hydrogens is 390 g/mol. The van der Waals surface area contributed by atoms with Crippen LogP contribution in [0.4, 0.5) is 0 Å². The monoisotopic (exact) mass is 439 g/mol. The van der Waals surface area contributed by atoms with E-state index in [1.165, 1.54) is 38.5 Å². The van der Waals surface area contributed by atoms with Crippen molar-refractivity contribution in [2.24, 2.45) is 50.1 Å². The zero-order chi connectivity index (χ0) is 23.4. The fourth-order valence-electron chi connectivity index (χ4n) is 9.93. The predicted molar refractivity (Wildman–Crippen MR) is 134 cm³/mol. The van der Waals surface area contributed by atoms with Crippen LogP contribution in [0, 0.1) is 44.3 Å². The number of aliphatic hydroxyl groups is 1. The second-order valence-corrected chi connectivity index (χ2v) is 14.7. The molecule has 0 bridgehead atoms. The van der Waals surface area contributed by atoms with E-state index in [1.54, 1.807) is 11.1 Å². The first kappa shape index (κ1) is 23.2. The van der Waals surface area contributed by atoms with Gasteiger partial charge in [0.1, 0.15) is 0 Å². The van der Waals surface area contributed by atoms with Crippen LogP contribution < -0.4 is 5.73 Å². The Morgan fingerprint density at radius 2 is 1.59 bits per heavy atom. The number of nitrogens with two attached hydrogens (primary N) is 1. The van der Waals surface area contributed by atoms with E-state index in [9.17, 15) is 5.11 Å². The first-order chi connectivity index (χ1) is 14.8. The maximum atomic E-state index is 10.2. The highest BCUT2D eigenvalue weighted by molar-refractivity contribution is 5.45. The molecule has 0 heterocycles. The normalized spacial score (nSPS) is 54.3. The van der Waals surface area contributed by atoms with Crippen LogP contribution in [0.1, 0.15) is 106 Å². The highest BCUT2D eigenvalue weighted by Gasteiger charge is 2.66. The number of hydrogen-bond donors (Lipinski definition) is 2. The summed E-state index contributed by atoms with van der Waals surface area (Å²) in [4.78, 5) is 0. The minimum absolute atomic E-state index is 0.0544. The van der Waals surface area contributed by atoms with Gasteiger partial charge < -0.3 is 10.8 Å². The minimum Gasteiger partial charge on any atom is -0.396 e. The molecule has 0 saturated heterocycles. The van der Waals surface area contributed by atoms with Gasteiger partial charge in [-0.15, -0.1) is 0 Å². The molecule has 2 heteroatoms. The van der Waals surface area contributed by atoms with E-state index < -0.39 is 0 Å². The van der Waals surface area contributed by atoms with Crippen molar-refractivity contribution in [1.82, 2.24) is 0 Å². The lowest BCUT2D eigenvalue weighted by atomic mass is 9.35. The summed E-state index contributed by atoms with van der Waals surface area (Å²) in [6, 6.07) is 0.333. The van der Waals surface area contributed by atoms with Crippen LogP contribution in [-0.2, 0) is 0 Å². The largest absolute Gasteiger partial charge is 0.396 e. The fourth-order valence-corrected chi connectivity index (χ4v) is 9.93. The van der Waals surface area contributed by atoms with Crippen molar-refractivity contribution in [3.8, 4) is 0 Å². The van der Waals surface area contributed by atoms with Crippen LogP contribution in [0.5, 0.6) is 0 Å². The third-order valence-electron chi connectivity index (χ3n) is 12.8. The standard InChI is InChI=1S/C30H49NO/c1-25(2)22-10-13-30(7)23(28(22,5)12-11-24(25)31)9-8-20-21-18-26(3,19-32)14-15-27(21,4)16-17-29(20,30)6/h8-9,22-24,32H,10-19,31H2,1-7H3/t22?,23?,24?,26-,27?,28?,29+,30?/m0/s1. The Bertz CT molecular complexity index is 870. The molecule has 5 aliphatic rings. The maximum absolute atomic E-state index is 10.2. The Labute approximate surface area is 197 Å². The Kier molecular flexibility index (Phi) is 4.88. The second-order valence-electron chi connectivity index (χ2n) is 14.7. The average Bonchev–Trinajstić information content (AvgIpc) is 2.73. The molecule has 8 atom stereocenters. The SMILES string of the molecule is CC12CC[C@](C)(CO)CC1=C1C=CC3C4(C)CCC(N)C(C)(C)C4CCC3(C)[C@]1(C)CC2. The van der Waals surface area contributed by atoms with E-state index in [0.29, 0.717) is 40.7 Å². The number of hydrogen-bond acceptors (Lipinski definition) is 2. The van der Waals surface area contributed by atoms with Gasteiger partial charge in [-0.25, -0.2) is 0 Å². The molecule has 0 radical (unpaired) electrons. The molecule has 32 heavy (non-hydrogen) atoms. The first-order valence-electron chi connectivity index (χ1n) is 13.5. The predicted octanol–water partition coefficient (Wildman–Crippen LogP) is 7.03. The Hall–Kier alpha value is -0.600. The average molecular weight is 440 g/mol. The lowest BCUT2D eigenvalue weighted by molar-refractivity contribution is -0.155.